The van der Waals surface area contributed by atoms with Crippen molar-refractivity contribution in [2.75, 3.05) is 7.11 Å². The van der Waals surface area contributed by atoms with Crippen molar-refractivity contribution in [2.45, 2.75) is 46.3 Å². The fourth-order valence-corrected chi connectivity index (χ4v) is 2.89. The van der Waals surface area contributed by atoms with E-state index >= 15 is 0 Å². The second kappa shape index (κ2) is 10.4. The predicted molar refractivity (Wildman–Crippen MR) is 114 cm³/mol. The minimum Gasteiger partial charge on any atom is -0.381 e. The van der Waals surface area contributed by atoms with E-state index in [4.69, 9.17) is 10.5 Å². The first-order valence-corrected chi connectivity index (χ1v) is 9.51. The van der Waals surface area contributed by atoms with Gasteiger partial charge < -0.3 is 10.5 Å². The van der Waals surface area contributed by atoms with Crippen molar-refractivity contribution in [2.24, 2.45) is 10.7 Å². The van der Waals surface area contributed by atoms with Crippen molar-refractivity contribution < 1.29 is 4.74 Å². The fraction of sp³-hybridized carbons (Fsp3) is 0.381. The highest BCUT2D eigenvalue weighted by atomic mass is 16.5. The van der Waals surface area contributed by atoms with Gasteiger partial charge >= 0.3 is 5.69 Å². The van der Waals surface area contributed by atoms with Crippen LogP contribution in [0.5, 0.6) is 0 Å². The molecule has 1 aliphatic carbocycles. The summed E-state index contributed by atoms with van der Waals surface area (Å²) < 4.78 is 8.36. The number of hydrogen-bond acceptors (Lipinski definition) is 5. The van der Waals surface area contributed by atoms with E-state index < -0.39 is 0 Å². The summed E-state index contributed by atoms with van der Waals surface area (Å²) >= 11 is 0. The van der Waals surface area contributed by atoms with E-state index in [2.05, 4.69) is 16.2 Å². The number of aromatic nitrogens is 3. The molecule has 0 bridgehead atoms. The molecule has 0 radical (unpaired) electrons. The van der Waals surface area contributed by atoms with Gasteiger partial charge in [-0.15, -0.1) is 5.10 Å². The molecule has 0 fully saturated rings. The first-order chi connectivity index (χ1) is 13.6. The first-order valence-electron chi connectivity index (χ1n) is 9.51. The lowest BCUT2D eigenvalue weighted by molar-refractivity contribution is 0.143. The molecule has 1 unspecified atom stereocenters. The molecule has 1 atom stereocenters. The third-order valence-electron chi connectivity index (χ3n) is 4.26. The number of aliphatic imine (C=N–C) groups is 1. The lowest BCUT2D eigenvalue weighted by atomic mass is 10.2. The molecule has 1 aromatic rings. The Hall–Kier alpha value is -2.93. The third kappa shape index (κ3) is 5.07. The lowest BCUT2D eigenvalue weighted by Gasteiger charge is -2.12. The molecule has 3 rings (SSSR count). The fourth-order valence-electron chi connectivity index (χ4n) is 2.89. The number of allylic oxidation sites excluding steroid dienone is 7. The van der Waals surface area contributed by atoms with Crippen molar-refractivity contribution in [1.82, 2.24) is 14.3 Å². The van der Waals surface area contributed by atoms with Crippen LogP contribution in [0.1, 0.15) is 39.4 Å². The number of amidine groups is 1. The molecule has 0 aromatic carbocycles. The van der Waals surface area contributed by atoms with Gasteiger partial charge in [-0.05, 0) is 31.4 Å². The lowest BCUT2D eigenvalue weighted by Crippen LogP contribution is -2.27. The Morgan fingerprint density at radius 1 is 1.25 bits per heavy atom. The highest BCUT2D eigenvalue weighted by molar-refractivity contribution is 5.95. The van der Waals surface area contributed by atoms with Crippen molar-refractivity contribution in [3.05, 3.63) is 70.6 Å². The number of hydrogen-bond donors (Lipinski definition) is 1. The Bertz CT molecular complexity index is 910. The molecule has 2 N–H and O–H groups in total. The van der Waals surface area contributed by atoms with Crippen LogP contribution in [0.25, 0.3) is 5.70 Å². The Kier molecular flexibility index (Phi) is 7.95. The first kappa shape index (κ1) is 21.4. The molecule has 2 aliphatic rings. The molecular weight excluding hydrogens is 354 g/mol. The molecule has 1 aliphatic heterocycles. The number of methoxy groups -OCH3 is 1. The topological polar surface area (TPSA) is 87.4 Å². The molecule has 2 heterocycles. The zero-order valence-electron chi connectivity index (χ0n) is 17.0. The van der Waals surface area contributed by atoms with E-state index in [9.17, 15) is 4.79 Å². The van der Waals surface area contributed by atoms with Crippen LogP contribution in [0.3, 0.4) is 0 Å². The molecular formula is C21H29N5O2. The smallest absolute Gasteiger partial charge is 0.350 e. The Balaban J connectivity index is 0.00000136. The van der Waals surface area contributed by atoms with E-state index in [1.165, 1.54) is 9.25 Å². The van der Waals surface area contributed by atoms with Crippen LogP contribution in [0, 0.1) is 0 Å². The second-order valence-electron chi connectivity index (χ2n) is 6.16. The summed E-state index contributed by atoms with van der Waals surface area (Å²) in [5, 5.41) is 4.44. The maximum atomic E-state index is 13.0. The molecule has 0 saturated carbocycles. The molecule has 1 aromatic heterocycles. The summed E-state index contributed by atoms with van der Waals surface area (Å²) in [7, 11) is 1.64. The van der Waals surface area contributed by atoms with Crippen LogP contribution in [-0.2, 0) is 11.3 Å². The van der Waals surface area contributed by atoms with Crippen LogP contribution in [0.2, 0.25) is 0 Å². The van der Waals surface area contributed by atoms with Crippen molar-refractivity contribution in [1.29, 1.82) is 0 Å². The van der Waals surface area contributed by atoms with E-state index in [1.54, 1.807) is 13.3 Å². The summed E-state index contributed by atoms with van der Waals surface area (Å²) in [4.78, 5) is 17.2. The molecule has 7 heteroatoms. The van der Waals surface area contributed by atoms with E-state index in [0.29, 0.717) is 24.5 Å². The van der Waals surface area contributed by atoms with Gasteiger partial charge in [-0.1, -0.05) is 50.3 Å². The molecule has 28 heavy (non-hydrogen) atoms. The van der Waals surface area contributed by atoms with Gasteiger partial charge in [-0.3, -0.25) is 0 Å². The van der Waals surface area contributed by atoms with Crippen molar-refractivity contribution >= 4 is 11.5 Å². The summed E-state index contributed by atoms with van der Waals surface area (Å²) in [6.07, 6.45) is 16.6. The van der Waals surface area contributed by atoms with Gasteiger partial charge in [0.25, 0.3) is 0 Å². The molecule has 7 nitrogen and oxygen atoms in total. The highest BCUT2D eigenvalue weighted by Crippen LogP contribution is 2.13. The maximum Gasteiger partial charge on any atom is 0.350 e. The summed E-state index contributed by atoms with van der Waals surface area (Å²) in [6.45, 7) is 6.25. The largest absolute Gasteiger partial charge is 0.381 e. The van der Waals surface area contributed by atoms with E-state index in [0.717, 1.165) is 12.0 Å². The Morgan fingerprint density at radius 3 is 2.79 bits per heavy atom. The van der Waals surface area contributed by atoms with Gasteiger partial charge in [0.05, 0.1) is 12.6 Å². The summed E-state index contributed by atoms with van der Waals surface area (Å²) in [5.41, 5.74) is 7.63. The van der Waals surface area contributed by atoms with E-state index in [-0.39, 0.29) is 17.6 Å². The summed E-state index contributed by atoms with van der Waals surface area (Å²) in [5.74, 6) is 0.542. The standard InChI is InChI=1S/C19H23N5O2.C2H6/c1-14-12-16(26-2)10-7-11-21-17(20)18-22-23(19(25)24(14)18)13-15-8-5-3-4-6-9-15;1-2/h3-8,11-12,16H,9-10,13H2,1-2H3,(H2,20,21);1-2H3/b11-7+,14-12+;. The van der Waals surface area contributed by atoms with Gasteiger partial charge in [0.1, 0.15) is 0 Å². The average molecular weight is 383 g/mol. The number of ether oxygens (including phenoxy) is 1. The predicted octanol–water partition coefficient (Wildman–Crippen LogP) is 3.01. The quantitative estimate of drug-likeness (QED) is 0.869. The molecule has 0 spiro atoms. The average Bonchev–Trinajstić information content (AvgIpc) is 2.87. The zero-order chi connectivity index (χ0) is 20.5. The van der Waals surface area contributed by atoms with Crippen molar-refractivity contribution in [3.8, 4) is 0 Å². The van der Waals surface area contributed by atoms with Gasteiger partial charge in [0.15, 0.2) is 5.84 Å². The minimum absolute atomic E-state index is 0.149. The maximum absolute atomic E-state index is 13.0. The SMILES string of the molecule is CC.COC1/C=C(\C)n2c(nn(CC3=CC=CC=CC3)c2=O)C(N)=N/C=C/C1. The highest BCUT2D eigenvalue weighted by Gasteiger charge is 2.19. The molecule has 0 amide bonds. The van der Waals surface area contributed by atoms with Gasteiger partial charge in [-0.25, -0.2) is 19.0 Å². The monoisotopic (exact) mass is 383 g/mol. The van der Waals surface area contributed by atoms with Crippen molar-refractivity contribution in [3.63, 3.8) is 0 Å². The van der Waals surface area contributed by atoms with Crippen LogP contribution >= 0.6 is 0 Å². The van der Waals surface area contributed by atoms with E-state index in [1.807, 2.05) is 57.2 Å². The molecule has 150 valence electrons. The van der Waals surface area contributed by atoms with Crippen LogP contribution < -0.4 is 11.4 Å². The van der Waals surface area contributed by atoms with Crippen LogP contribution in [-0.4, -0.2) is 33.4 Å². The number of nitrogens with two attached hydrogens (primary N) is 1. The number of nitrogens with zero attached hydrogens (tertiary/aromatic N) is 4. The van der Waals surface area contributed by atoms with Crippen LogP contribution in [0.15, 0.2) is 64.1 Å². The zero-order valence-corrected chi connectivity index (χ0v) is 17.0. The van der Waals surface area contributed by atoms with Gasteiger partial charge in [0.2, 0.25) is 5.82 Å². The minimum atomic E-state index is -0.246. The Morgan fingerprint density at radius 2 is 2.04 bits per heavy atom. The third-order valence-corrected chi connectivity index (χ3v) is 4.26. The van der Waals surface area contributed by atoms with Crippen LogP contribution in [0.4, 0.5) is 0 Å². The Labute approximate surface area is 165 Å². The number of rotatable bonds is 3. The van der Waals surface area contributed by atoms with Gasteiger partial charge in [-0.2, -0.15) is 0 Å². The molecule has 0 saturated heterocycles. The summed E-state index contributed by atoms with van der Waals surface area (Å²) in [6, 6.07) is 0. The normalized spacial score (nSPS) is 21.9. The number of fused-ring (bicyclic) bond motifs is 1. The second-order valence-corrected chi connectivity index (χ2v) is 6.16. The van der Waals surface area contributed by atoms with Gasteiger partial charge in [0, 0.05) is 19.0 Å².